The summed E-state index contributed by atoms with van der Waals surface area (Å²) >= 11 is 0. The molecule has 1 aliphatic rings. The molecular weight excluding hydrogens is 296 g/mol. The van der Waals surface area contributed by atoms with Crippen LogP contribution < -0.4 is 10.5 Å². The summed E-state index contributed by atoms with van der Waals surface area (Å²) in [6.45, 7) is 0.626. The molecular formula is C12H18N4O4S. The lowest BCUT2D eigenvalue weighted by molar-refractivity contribution is -0.108. The van der Waals surface area contributed by atoms with Gasteiger partial charge in [-0.25, -0.2) is 8.42 Å². The van der Waals surface area contributed by atoms with Crippen molar-refractivity contribution >= 4 is 22.3 Å². The minimum Gasteiger partial charge on any atom is -0.364 e. The highest BCUT2D eigenvalue weighted by Crippen LogP contribution is 2.29. The summed E-state index contributed by atoms with van der Waals surface area (Å²) in [5, 5.41) is 3.55. The molecule has 116 valence electrons. The Morgan fingerprint density at radius 2 is 2.10 bits per heavy atom. The van der Waals surface area contributed by atoms with Crippen LogP contribution in [0.1, 0.15) is 36.2 Å². The van der Waals surface area contributed by atoms with Gasteiger partial charge in [-0.15, -0.1) is 0 Å². The molecule has 1 aliphatic carbocycles. The van der Waals surface area contributed by atoms with Gasteiger partial charge in [0.05, 0.1) is 5.25 Å². The largest absolute Gasteiger partial charge is 0.364 e. The number of rotatable bonds is 6. The first-order valence-corrected chi connectivity index (χ1v) is 8.25. The second-order valence-electron chi connectivity index (χ2n) is 5.21. The van der Waals surface area contributed by atoms with E-state index in [0.29, 0.717) is 25.3 Å². The summed E-state index contributed by atoms with van der Waals surface area (Å²) in [6, 6.07) is 1.56. The highest BCUT2D eigenvalue weighted by molar-refractivity contribution is 7.90. The summed E-state index contributed by atoms with van der Waals surface area (Å²) < 4.78 is 27.0. The van der Waals surface area contributed by atoms with Crippen molar-refractivity contribution in [2.24, 2.45) is 11.7 Å². The Morgan fingerprint density at radius 3 is 2.62 bits per heavy atom. The predicted octanol–water partition coefficient (Wildman–Crippen LogP) is -0.383. The van der Waals surface area contributed by atoms with E-state index in [1.807, 2.05) is 4.72 Å². The highest BCUT2D eigenvalue weighted by Gasteiger charge is 2.30. The number of primary amides is 1. The Hall–Kier alpha value is -1.90. The van der Waals surface area contributed by atoms with E-state index in [0.717, 1.165) is 12.8 Å². The molecule has 0 unspecified atom stereocenters. The maximum Gasteiger partial charge on any atom is 0.269 e. The van der Waals surface area contributed by atoms with E-state index in [1.165, 1.54) is 0 Å². The van der Waals surface area contributed by atoms with Crippen molar-refractivity contribution in [3.8, 4) is 0 Å². The molecule has 0 saturated heterocycles. The zero-order valence-corrected chi connectivity index (χ0v) is 12.3. The lowest BCUT2D eigenvalue weighted by atomic mass is 9.89. The van der Waals surface area contributed by atoms with Crippen molar-refractivity contribution in [1.82, 2.24) is 14.5 Å². The number of nitrogens with zero attached hydrogens (tertiary/aromatic N) is 2. The molecule has 3 N–H and O–H groups in total. The molecule has 0 bridgehead atoms. The molecule has 0 aromatic carbocycles. The van der Waals surface area contributed by atoms with E-state index in [1.54, 1.807) is 16.9 Å². The number of hydrogen-bond acceptors (Lipinski definition) is 5. The molecule has 1 heterocycles. The minimum atomic E-state index is -3.54. The van der Waals surface area contributed by atoms with Crippen LogP contribution in [0, 0.1) is 5.92 Å². The van der Waals surface area contributed by atoms with E-state index >= 15 is 0 Å². The van der Waals surface area contributed by atoms with E-state index in [4.69, 9.17) is 5.73 Å². The van der Waals surface area contributed by atoms with Crippen LogP contribution in [0.3, 0.4) is 0 Å². The molecule has 0 atom stereocenters. The van der Waals surface area contributed by atoms with Crippen LogP contribution in [0.5, 0.6) is 0 Å². The monoisotopic (exact) mass is 314 g/mol. The van der Waals surface area contributed by atoms with Gasteiger partial charge >= 0.3 is 0 Å². The number of amides is 2. The number of carbonyl (C=O) groups excluding carboxylic acids is 2. The Labute approximate surface area is 122 Å². The minimum absolute atomic E-state index is 0.205. The van der Waals surface area contributed by atoms with E-state index < -0.39 is 21.2 Å². The molecule has 0 radical (unpaired) electrons. The smallest absolute Gasteiger partial charge is 0.269 e. The summed E-state index contributed by atoms with van der Waals surface area (Å²) in [4.78, 5) is 21.3. The highest BCUT2D eigenvalue weighted by atomic mass is 32.2. The van der Waals surface area contributed by atoms with Gasteiger partial charge in [0, 0.05) is 12.7 Å². The van der Waals surface area contributed by atoms with Crippen LogP contribution in [-0.2, 0) is 21.4 Å². The third-order valence-electron chi connectivity index (χ3n) is 3.78. The zero-order chi connectivity index (χ0) is 15.5. The Balaban J connectivity index is 1.89. The van der Waals surface area contributed by atoms with Gasteiger partial charge in [0.2, 0.25) is 16.4 Å². The van der Waals surface area contributed by atoms with Crippen LogP contribution in [0.4, 0.5) is 0 Å². The Morgan fingerprint density at radius 1 is 1.43 bits per heavy atom. The average molecular weight is 314 g/mol. The van der Waals surface area contributed by atoms with Crippen LogP contribution in [0.25, 0.3) is 0 Å². The number of carbonyl (C=O) groups is 2. The van der Waals surface area contributed by atoms with Crippen molar-refractivity contribution in [3.05, 3.63) is 18.0 Å². The van der Waals surface area contributed by atoms with Crippen molar-refractivity contribution in [2.45, 2.75) is 37.5 Å². The van der Waals surface area contributed by atoms with Gasteiger partial charge in [-0.1, -0.05) is 0 Å². The van der Waals surface area contributed by atoms with E-state index in [2.05, 4.69) is 5.10 Å². The number of nitrogens with one attached hydrogen (secondary N) is 1. The molecule has 2 rings (SSSR count). The summed E-state index contributed by atoms with van der Waals surface area (Å²) in [7, 11) is -3.54. The standard InChI is InChI=1S/C12H18N4O4S/c13-12(18)11-5-6-16(15-11)7-9-1-3-10(4-2-9)21(19,20)14-8-17/h5-6,8-10H,1-4,7H2,(H2,13,18)(H,14,17). The normalized spacial score (nSPS) is 22.7. The lowest BCUT2D eigenvalue weighted by Crippen LogP contribution is -2.36. The molecule has 21 heavy (non-hydrogen) atoms. The molecule has 1 fully saturated rings. The summed E-state index contributed by atoms with van der Waals surface area (Å²) in [5.74, 6) is -0.267. The fraction of sp³-hybridized carbons (Fsp3) is 0.583. The quantitative estimate of drug-likeness (QED) is 0.692. The number of sulfonamides is 1. The molecule has 1 aromatic heterocycles. The molecule has 9 heteroatoms. The van der Waals surface area contributed by atoms with Gasteiger partial charge in [-0.05, 0) is 37.7 Å². The third-order valence-corrected chi connectivity index (χ3v) is 5.56. The molecule has 2 amide bonds. The fourth-order valence-electron chi connectivity index (χ4n) is 2.65. The molecule has 8 nitrogen and oxygen atoms in total. The van der Waals surface area contributed by atoms with Gasteiger partial charge in [0.25, 0.3) is 5.91 Å². The Kier molecular flexibility index (Phi) is 4.61. The molecule has 1 saturated carbocycles. The van der Waals surface area contributed by atoms with Crippen molar-refractivity contribution in [1.29, 1.82) is 0 Å². The van der Waals surface area contributed by atoms with E-state index in [9.17, 15) is 18.0 Å². The van der Waals surface area contributed by atoms with Crippen molar-refractivity contribution in [2.75, 3.05) is 0 Å². The van der Waals surface area contributed by atoms with Gasteiger partial charge in [-0.2, -0.15) is 5.10 Å². The molecule has 0 spiro atoms. The lowest BCUT2D eigenvalue weighted by Gasteiger charge is -2.27. The maximum absolute atomic E-state index is 11.7. The Bertz CT molecular complexity index is 617. The van der Waals surface area contributed by atoms with Crippen molar-refractivity contribution < 1.29 is 18.0 Å². The van der Waals surface area contributed by atoms with Crippen LogP contribution >= 0.6 is 0 Å². The average Bonchev–Trinajstić information content (AvgIpc) is 2.88. The van der Waals surface area contributed by atoms with Gasteiger partial charge in [-0.3, -0.25) is 19.0 Å². The summed E-state index contributed by atoms with van der Waals surface area (Å²) in [5.41, 5.74) is 5.36. The number of nitrogens with two attached hydrogens (primary N) is 1. The SMILES string of the molecule is NC(=O)c1ccn(CC2CCC(S(=O)(=O)NC=O)CC2)n1. The van der Waals surface area contributed by atoms with Crippen LogP contribution in [0.15, 0.2) is 12.3 Å². The second-order valence-corrected chi connectivity index (χ2v) is 7.20. The maximum atomic E-state index is 11.7. The van der Waals surface area contributed by atoms with Crippen LogP contribution in [0.2, 0.25) is 0 Å². The first-order chi connectivity index (χ1) is 9.92. The fourth-order valence-corrected chi connectivity index (χ4v) is 3.87. The topological polar surface area (TPSA) is 124 Å². The predicted molar refractivity (Wildman–Crippen MR) is 74.6 cm³/mol. The summed E-state index contributed by atoms with van der Waals surface area (Å²) in [6.07, 6.45) is 4.38. The number of hydrogen-bond donors (Lipinski definition) is 2. The van der Waals surface area contributed by atoms with Gasteiger partial charge < -0.3 is 5.73 Å². The van der Waals surface area contributed by atoms with Crippen molar-refractivity contribution in [3.63, 3.8) is 0 Å². The third kappa shape index (κ3) is 3.81. The van der Waals surface area contributed by atoms with Gasteiger partial charge in [0.15, 0.2) is 0 Å². The molecule has 0 aliphatic heterocycles. The van der Waals surface area contributed by atoms with Crippen LogP contribution in [-0.4, -0.2) is 35.8 Å². The van der Waals surface area contributed by atoms with E-state index in [-0.39, 0.29) is 12.1 Å². The second kappa shape index (κ2) is 6.25. The first-order valence-electron chi connectivity index (χ1n) is 6.70. The molecule has 1 aromatic rings. The zero-order valence-electron chi connectivity index (χ0n) is 11.4. The van der Waals surface area contributed by atoms with Gasteiger partial charge in [0.1, 0.15) is 5.69 Å². The number of aromatic nitrogens is 2. The first kappa shape index (κ1) is 15.5.